The van der Waals surface area contributed by atoms with E-state index in [9.17, 15) is 14.0 Å². The maximum absolute atomic E-state index is 13.6. The second-order valence-electron chi connectivity index (χ2n) is 11.8. The van der Waals surface area contributed by atoms with E-state index in [1.54, 1.807) is 23.5 Å². The van der Waals surface area contributed by atoms with E-state index in [4.69, 9.17) is 9.72 Å². The van der Waals surface area contributed by atoms with Crippen LogP contribution in [0, 0.1) is 18.7 Å². The Hall–Kier alpha value is -2.45. The second kappa shape index (κ2) is 10.6. The number of fused-ring (bicyclic) bond motifs is 1. The van der Waals surface area contributed by atoms with E-state index in [0.29, 0.717) is 12.8 Å². The van der Waals surface area contributed by atoms with Gasteiger partial charge in [0.2, 0.25) is 0 Å². The molecule has 4 rings (SSSR count). The number of hydrogen-bond acceptors (Lipinski definition) is 7. The third-order valence-corrected chi connectivity index (χ3v) is 9.78. The quantitative estimate of drug-likeness (QED) is 0.228. The summed E-state index contributed by atoms with van der Waals surface area (Å²) in [7, 11) is 3.96. The number of thioether (sulfide) groups is 1. The maximum atomic E-state index is 13.6. The highest BCUT2D eigenvalue weighted by Gasteiger charge is 2.49. The number of Topliss-reactive ketones (excluding diaryl/α,β-unsaturated/α-hetero) is 1. The van der Waals surface area contributed by atoms with E-state index in [-0.39, 0.29) is 29.4 Å². The zero-order valence-corrected chi connectivity index (χ0v) is 25.1. The number of carbonyl (C=O) groups excluding carboxylic acids is 2. The molecule has 204 valence electrons. The first-order chi connectivity index (χ1) is 17.7. The molecule has 1 saturated heterocycles. The molecule has 2 heterocycles. The highest BCUT2D eigenvalue weighted by atomic mass is 32.2. The van der Waals surface area contributed by atoms with Gasteiger partial charge in [0.15, 0.2) is 16.2 Å². The van der Waals surface area contributed by atoms with Crippen molar-refractivity contribution in [2.45, 2.75) is 82.0 Å². The van der Waals surface area contributed by atoms with Crippen LogP contribution in [0.25, 0.3) is 10.2 Å². The van der Waals surface area contributed by atoms with Crippen molar-refractivity contribution in [3.63, 3.8) is 0 Å². The van der Waals surface area contributed by atoms with E-state index in [0.717, 1.165) is 36.9 Å². The predicted molar refractivity (Wildman–Crippen MR) is 155 cm³/mol. The Morgan fingerprint density at radius 3 is 2.42 bits per heavy atom. The van der Waals surface area contributed by atoms with Crippen LogP contribution in [0.3, 0.4) is 0 Å². The number of benzene rings is 2. The van der Waals surface area contributed by atoms with Crippen LogP contribution in [0.5, 0.6) is 0 Å². The number of ketones is 1. The van der Waals surface area contributed by atoms with Crippen molar-refractivity contribution in [2.24, 2.45) is 5.92 Å². The van der Waals surface area contributed by atoms with Crippen LogP contribution >= 0.6 is 23.1 Å². The lowest BCUT2D eigenvalue weighted by Crippen LogP contribution is -2.52. The largest absolute Gasteiger partial charge is 0.457 e. The van der Waals surface area contributed by atoms with Crippen LogP contribution in [-0.4, -0.2) is 41.7 Å². The van der Waals surface area contributed by atoms with E-state index < -0.39 is 16.8 Å². The molecule has 2 aromatic carbocycles. The number of rotatable bonds is 7. The molecule has 5 nitrogen and oxygen atoms in total. The van der Waals surface area contributed by atoms with E-state index in [2.05, 4.69) is 26.8 Å². The van der Waals surface area contributed by atoms with Crippen molar-refractivity contribution in [1.82, 2.24) is 4.98 Å². The van der Waals surface area contributed by atoms with Gasteiger partial charge in [-0.3, -0.25) is 9.59 Å². The number of nitrogens with zero attached hydrogens (tertiary/aromatic N) is 2. The highest BCUT2D eigenvalue weighted by Crippen LogP contribution is 2.46. The van der Waals surface area contributed by atoms with Gasteiger partial charge in [0.25, 0.3) is 0 Å². The molecule has 0 radical (unpaired) electrons. The average Bonchev–Trinajstić information content (AvgIpc) is 3.26. The first-order valence-electron chi connectivity index (χ1n) is 13.0. The van der Waals surface area contributed by atoms with Gasteiger partial charge in [0.1, 0.15) is 11.4 Å². The molecule has 0 aliphatic carbocycles. The van der Waals surface area contributed by atoms with Crippen LogP contribution in [0.2, 0.25) is 0 Å². The molecule has 1 aliphatic heterocycles. The molecule has 1 aliphatic rings. The van der Waals surface area contributed by atoms with Crippen LogP contribution < -0.4 is 4.90 Å². The van der Waals surface area contributed by atoms with E-state index in [1.807, 2.05) is 39.8 Å². The fourth-order valence-electron chi connectivity index (χ4n) is 5.00. The molecular weight excluding hydrogens is 519 g/mol. The van der Waals surface area contributed by atoms with Crippen molar-refractivity contribution in [1.29, 1.82) is 0 Å². The summed E-state index contributed by atoms with van der Waals surface area (Å²) in [6, 6.07) is 8.40. The molecule has 2 unspecified atom stereocenters. The van der Waals surface area contributed by atoms with Crippen molar-refractivity contribution < 1.29 is 18.7 Å². The number of cyclic esters (lactones) is 1. The highest BCUT2D eigenvalue weighted by molar-refractivity contribution is 8.01. The van der Waals surface area contributed by atoms with E-state index >= 15 is 0 Å². The molecule has 0 spiro atoms. The number of halogens is 1. The van der Waals surface area contributed by atoms with Gasteiger partial charge in [-0.15, -0.1) is 11.8 Å². The summed E-state index contributed by atoms with van der Waals surface area (Å²) in [5, 5.41) is 0.0126. The smallest absolute Gasteiger partial charge is 0.327 e. The third kappa shape index (κ3) is 5.62. The van der Waals surface area contributed by atoms with Crippen LogP contribution in [0.15, 0.2) is 35.2 Å². The molecule has 1 fully saturated rings. The van der Waals surface area contributed by atoms with Gasteiger partial charge in [-0.25, -0.2) is 9.37 Å². The molecule has 0 saturated carbocycles. The molecule has 8 heteroatoms. The Kier molecular flexibility index (Phi) is 7.97. The molecule has 3 aromatic rings. The summed E-state index contributed by atoms with van der Waals surface area (Å²) < 4.78 is 20.6. The molecule has 2 atom stereocenters. The van der Waals surface area contributed by atoms with Crippen LogP contribution in [0.4, 0.5) is 9.52 Å². The van der Waals surface area contributed by atoms with Crippen molar-refractivity contribution in [3.05, 3.63) is 52.8 Å². The zero-order chi connectivity index (χ0) is 28.0. The SMILES string of the molecule is Cc1cc(SC2C(=O)CC(CCc3ccc(F)cc3)(C(C)C)OC2=O)c(C(C)(C)C)c2sc(N(C)C)nc12. The minimum absolute atomic E-state index is 0.0350. The fourth-order valence-corrected chi connectivity index (χ4v) is 7.77. The average molecular weight is 557 g/mol. The van der Waals surface area contributed by atoms with Gasteiger partial charge in [-0.05, 0) is 66.0 Å². The number of esters is 1. The van der Waals surface area contributed by atoms with Gasteiger partial charge in [0.05, 0.1) is 10.2 Å². The molecule has 0 bridgehead atoms. The number of thiazole rings is 1. The molecule has 38 heavy (non-hydrogen) atoms. The van der Waals surface area contributed by atoms with Crippen LogP contribution in [0.1, 0.15) is 64.2 Å². The minimum Gasteiger partial charge on any atom is -0.457 e. The lowest BCUT2D eigenvalue weighted by atomic mass is 9.78. The predicted octanol–water partition coefficient (Wildman–Crippen LogP) is 7.11. The monoisotopic (exact) mass is 556 g/mol. The van der Waals surface area contributed by atoms with Crippen LogP contribution in [-0.2, 0) is 26.2 Å². The first-order valence-corrected chi connectivity index (χ1v) is 14.7. The summed E-state index contributed by atoms with van der Waals surface area (Å²) in [4.78, 5) is 34.8. The van der Waals surface area contributed by atoms with Gasteiger partial charge in [-0.2, -0.15) is 0 Å². The topological polar surface area (TPSA) is 59.5 Å². The van der Waals surface area contributed by atoms with Gasteiger partial charge >= 0.3 is 5.97 Å². The lowest BCUT2D eigenvalue weighted by Gasteiger charge is -2.41. The summed E-state index contributed by atoms with van der Waals surface area (Å²) in [6.45, 7) is 12.4. The van der Waals surface area contributed by atoms with Gasteiger partial charge in [0, 0.05) is 25.4 Å². The number of anilines is 1. The standard InChI is InChI=1S/C30H37FN2O3S2/c1-17(2)30(14-13-19-9-11-20(31)12-10-19)16-21(34)25(27(35)36-30)37-22-15-18(3)24-26(23(22)29(4,5)6)38-28(32-24)33(7)8/h9-12,15,17,25H,13-14,16H2,1-8H3. The molecule has 1 aromatic heterocycles. The number of aryl methyl sites for hydroxylation is 2. The Bertz CT molecular complexity index is 1340. The van der Waals surface area contributed by atoms with Gasteiger partial charge < -0.3 is 9.64 Å². The zero-order valence-electron chi connectivity index (χ0n) is 23.5. The Balaban J connectivity index is 1.64. The normalized spacial score (nSPS) is 20.3. The second-order valence-corrected chi connectivity index (χ2v) is 13.9. The van der Waals surface area contributed by atoms with Gasteiger partial charge in [-0.1, -0.05) is 58.1 Å². The fraction of sp³-hybridized carbons (Fsp3) is 0.500. The van der Waals surface area contributed by atoms with Crippen molar-refractivity contribution in [2.75, 3.05) is 19.0 Å². The Labute approximate surface area is 233 Å². The number of hydrogen-bond donors (Lipinski definition) is 0. The summed E-state index contributed by atoms with van der Waals surface area (Å²) in [5.41, 5.74) is 2.95. The molecular formula is C30H37FN2O3S2. The summed E-state index contributed by atoms with van der Waals surface area (Å²) in [6.07, 6.45) is 1.28. The Morgan fingerprint density at radius 2 is 1.87 bits per heavy atom. The number of aromatic nitrogens is 1. The lowest BCUT2D eigenvalue weighted by molar-refractivity contribution is -0.176. The third-order valence-electron chi connectivity index (χ3n) is 7.27. The number of carbonyl (C=O) groups is 2. The molecule has 0 amide bonds. The number of ether oxygens (including phenoxy) is 1. The minimum atomic E-state index is -0.910. The van der Waals surface area contributed by atoms with E-state index in [1.165, 1.54) is 23.9 Å². The summed E-state index contributed by atoms with van der Waals surface area (Å²) >= 11 is 2.95. The van der Waals surface area contributed by atoms with Crippen molar-refractivity contribution >= 4 is 50.2 Å². The molecule has 0 N–H and O–H groups in total. The Morgan fingerprint density at radius 1 is 1.21 bits per heavy atom. The maximum Gasteiger partial charge on any atom is 0.327 e. The summed E-state index contributed by atoms with van der Waals surface area (Å²) in [5.74, 6) is -0.900. The van der Waals surface area contributed by atoms with Crippen molar-refractivity contribution in [3.8, 4) is 0 Å². The first kappa shape index (κ1) is 28.6.